The average molecular weight is 420 g/mol. The Hall–Kier alpha value is -1.77. The average Bonchev–Trinajstić information content (AvgIpc) is 3.30. The van der Waals surface area contributed by atoms with Gasteiger partial charge in [-0.15, -0.1) is 11.3 Å². The molecule has 1 fully saturated rings. The Morgan fingerprint density at radius 3 is 2.93 bits per heavy atom. The fourth-order valence-corrected chi connectivity index (χ4v) is 6.56. The number of carbonyl (C=O) groups is 1. The zero-order chi connectivity index (χ0) is 19.5. The van der Waals surface area contributed by atoms with E-state index in [2.05, 4.69) is 5.10 Å². The van der Waals surface area contributed by atoms with Gasteiger partial charge in [-0.1, -0.05) is 11.8 Å². The molecule has 1 saturated carbocycles. The zero-order valence-electron chi connectivity index (χ0n) is 15.0. The summed E-state index contributed by atoms with van der Waals surface area (Å²) in [7, 11) is 0. The van der Waals surface area contributed by atoms with Crippen LogP contribution in [0.3, 0.4) is 0 Å². The lowest BCUT2D eigenvalue weighted by Gasteiger charge is -2.39. The Bertz CT molecular complexity index is 988. The van der Waals surface area contributed by atoms with Crippen LogP contribution >= 0.6 is 23.1 Å². The quantitative estimate of drug-likeness (QED) is 0.812. The Labute approximate surface area is 169 Å². The molecule has 0 radical (unpaired) electrons. The minimum absolute atomic E-state index is 0.0852. The van der Waals surface area contributed by atoms with Crippen LogP contribution < -0.4 is 5.73 Å². The van der Waals surface area contributed by atoms with Crippen molar-refractivity contribution in [3.05, 3.63) is 57.3 Å². The second-order valence-electron chi connectivity index (χ2n) is 7.54. The largest absolute Gasteiger partial charge is 0.320 e. The lowest BCUT2D eigenvalue weighted by molar-refractivity contribution is -0.137. The zero-order valence-corrected chi connectivity index (χ0v) is 16.7. The number of carbonyl (C=O) groups excluding carboxylic acids is 1. The standard InChI is InChI=1S/C20H19F2N3OS2/c21-12-5-6-15(22)13(10-12)18-24-25(19(26)17(23)11-3-4-11)20(28-18)8-1-2-16-14(20)7-9-27-16/h5-7,9-11,17H,1-4,8,23H2/t17-,20?/m0/s1. The van der Waals surface area contributed by atoms with E-state index in [1.807, 2.05) is 11.4 Å². The molecule has 3 aliphatic rings. The number of benzene rings is 1. The predicted molar refractivity (Wildman–Crippen MR) is 107 cm³/mol. The normalized spacial score (nSPS) is 25.0. The molecule has 1 spiro atoms. The van der Waals surface area contributed by atoms with Gasteiger partial charge in [0.15, 0.2) is 0 Å². The minimum Gasteiger partial charge on any atom is -0.320 e. The summed E-state index contributed by atoms with van der Waals surface area (Å²) in [5.74, 6) is -1.14. The highest BCUT2D eigenvalue weighted by atomic mass is 32.2. The third-order valence-corrected chi connectivity index (χ3v) is 8.08. The molecule has 2 N–H and O–H groups in total. The van der Waals surface area contributed by atoms with Crippen LogP contribution in [-0.2, 0) is 16.1 Å². The molecule has 1 aromatic carbocycles. The van der Waals surface area contributed by atoms with Crippen LogP contribution in [0, 0.1) is 17.6 Å². The number of hydrogen-bond donors (Lipinski definition) is 1. The van der Waals surface area contributed by atoms with E-state index in [4.69, 9.17) is 5.73 Å². The molecule has 1 amide bonds. The van der Waals surface area contributed by atoms with E-state index in [1.165, 1.54) is 21.6 Å². The molecule has 2 aromatic rings. The maximum Gasteiger partial charge on any atom is 0.261 e. The van der Waals surface area contributed by atoms with Crippen molar-refractivity contribution in [2.24, 2.45) is 16.8 Å². The summed E-state index contributed by atoms with van der Waals surface area (Å²) in [4.78, 5) is 13.8. The number of nitrogens with zero attached hydrogens (tertiary/aromatic N) is 2. The highest BCUT2D eigenvalue weighted by Gasteiger charge is 2.53. The van der Waals surface area contributed by atoms with E-state index in [0.29, 0.717) is 11.5 Å². The molecule has 0 bridgehead atoms. The molecular formula is C20H19F2N3OS2. The molecule has 1 unspecified atom stereocenters. The van der Waals surface area contributed by atoms with Gasteiger partial charge in [0.2, 0.25) is 0 Å². The fraction of sp³-hybridized carbons (Fsp3) is 0.400. The van der Waals surface area contributed by atoms with E-state index in [0.717, 1.165) is 49.4 Å². The molecule has 5 rings (SSSR count). The lowest BCUT2D eigenvalue weighted by Crippen LogP contribution is -2.50. The molecule has 28 heavy (non-hydrogen) atoms. The van der Waals surface area contributed by atoms with Gasteiger partial charge < -0.3 is 5.73 Å². The first-order valence-electron chi connectivity index (χ1n) is 9.39. The topological polar surface area (TPSA) is 58.7 Å². The van der Waals surface area contributed by atoms with E-state index in [9.17, 15) is 13.6 Å². The molecule has 146 valence electrons. The highest BCUT2D eigenvalue weighted by molar-refractivity contribution is 8.15. The summed E-state index contributed by atoms with van der Waals surface area (Å²) in [6.07, 6.45) is 4.45. The Balaban J connectivity index is 1.62. The molecule has 2 atom stereocenters. The number of rotatable bonds is 3. The van der Waals surface area contributed by atoms with E-state index in [-0.39, 0.29) is 17.4 Å². The maximum atomic E-state index is 14.5. The van der Waals surface area contributed by atoms with Crippen molar-refractivity contribution < 1.29 is 13.6 Å². The number of hydrazone groups is 1. The summed E-state index contributed by atoms with van der Waals surface area (Å²) in [5.41, 5.74) is 7.35. The lowest BCUT2D eigenvalue weighted by atomic mass is 9.92. The number of aryl methyl sites for hydroxylation is 1. The van der Waals surface area contributed by atoms with Crippen molar-refractivity contribution in [1.29, 1.82) is 0 Å². The van der Waals surface area contributed by atoms with Crippen LogP contribution in [0.5, 0.6) is 0 Å². The number of hydrogen-bond acceptors (Lipinski definition) is 5. The number of halogens is 2. The van der Waals surface area contributed by atoms with Crippen molar-refractivity contribution >= 4 is 34.0 Å². The second kappa shape index (κ2) is 6.64. The summed E-state index contributed by atoms with van der Waals surface area (Å²) in [6.45, 7) is 0. The van der Waals surface area contributed by atoms with Crippen LogP contribution in [0.4, 0.5) is 8.78 Å². The van der Waals surface area contributed by atoms with Gasteiger partial charge >= 0.3 is 0 Å². The van der Waals surface area contributed by atoms with E-state index < -0.39 is 22.5 Å². The van der Waals surface area contributed by atoms with Gasteiger partial charge in [0.05, 0.1) is 6.04 Å². The Kier molecular flexibility index (Phi) is 4.33. The van der Waals surface area contributed by atoms with Gasteiger partial charge in [0.1, 0.15) is 21.5 Å². The monoisotopic (exact) mass is 419 g/mol. The third-order valence-electron chi connectivity index (χ3n) is 5.67. The predicted octanol–water partition coefficient (Wildman–Crippen LogP) is 4.19. The van der Waals surface area contributed by atoms with E-state index >= 15 is 0 Å². The van der Waals surface area contributed by atoms with Crippen LogP contribution in [0.15, 0.2) is 34.7 Å². The van der Waals surface area contributed by atoms with Crippen LogP contribution in [-0.4, -0.2) is 22.0 Å². The van der Waals surface area contributed by atoms with Crippen molar-refractivity contribution in [3.8, 4) is 0 Å². The fourth-order valence-electron chi connectivity index (χ4n) is 4.02. The molecule has 1 aliphatic heterocycles. The molecule has 8 heteroatoms. The summed E-state index contributed by atoms with van der Waals surface area (Å²) >= 11 is 3.00. The number of fused-ring (bicyclic) bond motifs is 2. The SMILES string of the molecule is N[C@H](C(=O)N1N=C(c2cc(F)ccc2F)SC12CCCc1sccc12)C1CC1. The minimum atomic E-state index is -0.731. The molecule has 0 saturated heterocycles. The number of amides is 1. The van der Waals surface area contributed by atoms with Crippen LogP contribution in [0.1, 0.15) is 41.7 Å². The van der Waals surface area contributed by atoms with Crippen molar-refractivity contribution in [1.82, 2.24) is 5.01 Å². The molecule has 1 aromatic heterocycles. The number of nitrogens with two attached hydrogens (primary N) is 1. The van der Waals surface area contributed by atoms with Gasteiger partial charge in [0, 0.05) is 16.0 Å². The Morgan fingerprint density at radius 2 is 2.14 bits per heavy atom. The smallest absolute Gasteiger partial charge is 0.261 e. The first-order chi connectivity index (χ1) is 13.5. The molecular weight excluding hydrogens is 400 g/mol. The number of thioether (sulfide) groups is 1. The van der Waals surface area contributed by atoms with Crippen molar-refractivity contribution in [2.45, 2.75) is 43.0 Å². The van der Waals surface area contributed by atoms with Gasteiger partial charge in [-0.2, -0.15) is 5.10 Å². The highest BCUT2D eigenvalue weighted by Crippen LogP contribution is 2.55. The number of thiophene rings is 1. The summed E-state index contributed by atoms with van der Waals surface area (Å²) < 4.78 is 28.2. The van der Waals surface area contributed by atoms with E-state index in [1.54, 1.807) is 11.3 Å². The van der Waals surface area contributed by atoms with Gasteiger partial charge in [-0.3, -0.25) is 4.79 Å². The summed E-state index contributed by atoms with van der Waals surface area (Å²) in [6, 6.07) is 4.73. The van der Waals surface area contributed by atoms with Crippen molar-refractivity contribution in [3.63, 3.8) is 0 Å². The molecule has 2 aliphatic carbocycles. The maximum absolute atomic E-state index is 14.5. The van der Waals surface area contributed by atoms with Gasteiger partial charge in [-0.25, -0.2) is 13.8 Å². The molecule has 2 heterocycles. The first kappa shape index (κ1) is 18.3. The molecule has 4 nitrogen and oxygen atoms in total. The Morgan fingerprint density at radius 1 is 1.32 bits per heavy atom. The van der Waals surface area contributed by atoms with Gasteiger partial charge in [-0.05, 0) is 67.7 Å². The second-order valence-corrected chi connectivity index (χ2v) is 9.81. The third kappa shape index (κ3) is 2.81. The summed E-state index contributed by atoms with van der Waals surface area (Å²) in [5, 5.41) is 8.35. The van der Waals surface area contributed by atoms with Crippen molar-refractivity contribution in [2.75, 3.05) is 0 Å². The first-order valence-corrected chi connectivity index (χ1v) is 11.1. The van der Waals surface area contributed by atoms with Gasteiger partial charge in [0.25, 0.3) is 5.91 Å². The van der Waals surface area contributed by atoms with Crippen LogP contribution in [0.25, 0.3) is 0 Å². The van der Waals surface area contributed by atoms with Crippen LogP contribution in [0.2, 0.25) is 0 Å².